The molecule has 2 unspecified atom stereocenters. The number of hydrogen-bond acceptors (Lipinski definition) is 3. The smallest absolute Gasteiger partial charge is 0.326 e. The minimum absolute atomic E-state index is 0.247. The quantitative estimate of drug-likeness (QED) is 0.760. The van der Waals surface area contributed by atoms with E-state index in [1.165, 1.54) is 0 Å². The van der Waals surface area contributed by atoms with Gasteiger partial charge in [0.15, 0.2) is 0 Å². The summed E-state index contributed by atoms with van der Waals surface area (Å²) in [6.07, 6.45) is 0.966. The standard InChI is InChI=1S/C15H20N2O4/c1-15(7-8-21-10-15)17-14(20)16-12(13(18)19)9-11-5-3-2-4-6-11/h2-6,12H,7-10H2,1H3,(H,18,19)(H2,16,17,20). The summed E-state index contributed by atoms with van der Waals surface area (Å²) in [5, 5.41) is 14.5. The first-order valence-electron chi connectivity index (χ1n) is 6.92. The zero-order chi connectivity index (χ0) is 15.3. The normalized spacial score (nSPS) is 22.5. The molecule has 3 N–H and O–H groups in total. The minimum atomic E-state index is -1.05. The molecule has 1 aromatic carbocycles. The Kier molecular flexibility index (Phi) is 4.80. The second-order valence-electron chi connectivity index (χ2n) is 5.54. The van der Waals surface area contributed by atoms with Gasteiger partial charge in [0.1, 0.15) is 6.04 Å². The number of hydrogen-bond donors (Lipinski definition) is 3. The zero-order valence-electron chi connectivity index (χ0n) is 12.0. The third-order valence-corrected chi connectivity index (χ3v) is 3.52. The number of carbonyl (C=O) groups excluding carboxylic acids is 1. The molecule has 0 bridgehead atoms. The predicted molar refractivity (Wildman–Crippen MR) is 77.1 cm³/mol. The number of amides is 2. The minimum Gasteiger partial charge on any atom is -0.480 e. The summed E-state index contributed by atoms with van der Waals surface area (Å²) >= 11 is 0. The van der Waals surface area contributed by atoms with Crippen LogP contribution in [0.3, 0.4) is 0 Å². The van der Waals surface area contributed by atoms with Crippen molar-refractivity contribution in [2.24, 2.45) is 0 Å². The number of nitrogens with one attached hydrogen (secondary N) is 2. The van der Waals surface area contributed by atoms with Gasteiger partial charge in [-0.15, -0.1) is 0 Å². The highest BCUT2D eigenvalue weighted by molar-refractivity contribution is 5.83. The maximum absolute atomic E-state index is 12.0. The van der Waals surface area contributed by atoms with Gasteiger partial charge in [0.2, 0.25) is 0 Å². The molecule has 6 nitrogen and oxygen atoms in total. The summed E-state index contributed by atoms with van der Waals surface area (Å²) in [6, 6.07) is 7.77. The summed E-state index contributed by atoms with van der Waals surface area (Å²) < 4.78 is 5.25. The van der Waals surface area contributed by atoms with E-state index in [0.29, 0.717) is 13.2 Å². The molecule has 0 aliphatic carbocycles. The average Bonchev–Trinajstić information content (AvgIpc) is 2.85. The Morgan fingerprint density at radius 2 is 2.10 bits per heavy atom. The van der Waals surface area contributed by atoms with Crippen LogP contribution in [0.15, 0.2) is 30.3 Å². The molecule has 1 fully saturated rings. The van der Waals surface area contributed by atoms with Crippen molar-refractivity contribution in [3.05, 3.63) is 35.9 Å². The van der Waals surface area contributed by atoms with Crippen molar-refractivity contribution in [2.45, 2.75) is 31.3 Å². The summed E-state index contributed by atoms with van der Waals surface area (Å²) in [6.45, 7) is 2.92. The largest absolute Gasteiger partial charge is 0.480 e. The van der Waals surface area contributed by atoms with Crippen molar-refractivity contribution in [1.29, 1.82) is 0 Å². The van der Waals surface area contributed by atoms with Gasteiger partial charge in [0, 0.05) is 13.0 Å². The summed E-state index contributed by atoms with van der Waals surface area (Å²) in [5.74, 6) is -1.05. The highest BCUT2D eigenvalue weighted by atomic mass is 16.5. The number of benzene rings is 1. The van der Waals surface area contributed by atoms with E-state index in [0.717, 1.165) is 12.0 Å². The van der Waals surface area contributed by atoms with E-state index in [-0.39, 0.29) is 6.42 Å². The van der Waals surface area contributed by atoms with Crippen LogP contribution < -0.4 is 10.6 Å². The lowest BCUT2D eigenvalue weighted by Crippen LogP contribution is -2.54. The summed E-state index contributed by atoms with van der Waals surface area (Å²) in [4.78, 5) is 23.3. The molecule has 0 spiro atoms. The van der Waals surface area contributed by atoms with Crippen molar-refractivity contribution in [3.8, 4) is 0 Å². The topological polar surface area (TPSA) is 87.7 Å². The number of carboxylic acid groups (broad SMARTS) is 1. The third kappa shape index (κ3) is 4.46. The zero-order valence-corrected chi connectivity index (χ0v) is 12.0. The fraction of sp³-hybridized carbons (Fsp3) is 0.467. The van der Waals surface area contributed by atoms with E-state index in [4.69, 9.17) is 4.74 Å². The lowest BCUT2D eigenvalue weighted by atomic mass is 10.0. The first-order valence-corrected chi connectivity index (χ1v) is 6.92. The maximum Gasteiger partial charge on any atom is 0.326 e. The Morgan fingerprint density at radius 3 is 2.67 bits per heavy atom. The molecule has 0 saturated carbocycles. The Balaban J connectivity index is 1.93. The van der Waals surface area contributed by atoms with Crippen LogP contribution in [-0.4, -0.2) is 41.9 Å². The van der Waals surface area contributed by atoms with Crippen LogP contribution in [0.4, 0.5) is 4.79 Å². The molecular formula is C15H20N2O4. The van der Waals surface area contributed by atoms with Crippen LogP contribution in [0.2, 0.25) is 0 Å². The molecular weight excluding hydrogens is 272 g/mol. The van der Waals surface area contributed by atoms with Gasteiger partial charge in [-0.1, -0.05) is 30.3 Å². The fourth-order valence-corrected chi connectivity index (χ4v) is 2.28. The molecule has 21 heavy (non-hydrogen) atoms. The van der Waals surface area contributed by atoms with Crippen molar-refractivity contribution in [1.82, 2.24) is 10.6 Å². The van der Waals surface area contributed by atoms with Gasteiger partial charge in [-0.25, -0.2) is 9.59 Å². The van der Waals surface area contributed by atoms with Crippen LogP contribution in [0.1, 0.15) is 18.9 Å². The lowest BCUT2D eigenvalue weighted by molar-refractivity contribution is -0.139. The van der Waals surface area contributed by atoms with Crippen molar-refractivity contribution in [3.63, 3.8) is 0 Å². The van der Waals surface area contributed by atoms with Gasteiger partial charge in [-0.05, 0) is 18.9 Å². The summed E-state index contributed by atoms with van der Waals surface area (Å²) in [7, 11) is 0. The van der Waals surface area contributed by atoms with Crippen molar-refractivity contribution >= 4 is 12.0 Å². The van der Waals surface area contributed by atoms with Crippen LogP contribution >= 0.6 is 0 Å². The van der Waals surface area contributed by atoms with E-state index in [9.17, 15) is 14.7 Å². The number of carboxylic acids is 1. The predicted octanol–water partition coefficient (Wildman–Crippen LogP) is 1.16. The Bertz CT molecular complexity index is 498. The fourth-order valence-electron chi connectivity index (χ4n) is 2.28. The van der Waals surface area contributed by atoms with Gasteiger partial charge in [-0.3, -0.25) is 0 Å². The molecule has 0 aromatic heterocycles. The molecule has 0 radical (unpaired) electrons. The second-order valence-corrected chi connectivity index (χ2v) is 5.54. The highest BCUT2D eigenvalue weighted by Gasteiger charge is 2.32. The maximum atomic E-state index is 12.0. The number of aliphatic carboxylic acids is 1. The monoisotopic (exact) mass is 292 g/mol. The number of urea groups is 1. The lowest BCUT2D eigenvalue weighted by Gasteiger charge is -2.25. The SMILES string of the molecule is CC1(NC(=O)NC(Cc2ccccc2)C(=O)O)CCOC1. The van der Waals surface area contributed by atoms with Crippen LogP contribution in [0, 0.1) is 0 Å². The average molecular weight is 292 g/mol. The molecule has 6 heteroatoms. The molecule has 2 atom stereocenters. The van der Waals surface area contributed by atoms with E-state index in [1.54, 1.807) is 0 Å². The molecule has 1 saturated heterocycles. The second kappa shape index (κ2) is 6.58. The number of rotatable bonds is 5. The Morgan fingerprint density at radius 1 is 1.38 bits per heavy atom. The molecule has 1 aromatic rings. The van der Waals surface area contributed by atoms with Gasteiger partial charge >= 0.3 is 12.0 Å². The van der Waals surface area contributed by atoms with Crippen molar-refractivity contribution < 1.29 is 19.4 Å². The van der Waals surface area contributed by atoms with Gasteiger partial charge in [-0.2, -0.15) is 0 Å². The van der Waals surface area contributed by atoms with Crippen LogP contribution in [-0.2, 0) is 16.0 Å². The van der Waals surface area contributed by atoms with Crippen LogP contribution in [0.25, 0.3) is 0 Å². The Hall–Kier alpha value is -2.08. The van der Waals surface area contributed by atoms with E-state index < -0.39 is 23.6 Å². The molecule has 2 amide bonds. The van der Waals surface area contributed by atoms with Crippen molar-refractivity contribution in [2.75, 3.05) is 13.2 Å². The van der Waals surface area contributed by atoms with Gasteiger partial charge < -0.3 is 20.5 Å². The van der Waals surface area contributed by atoms with Crippen LogP contribution in [0.5, 0.6) is 0 Å². The molecule has 1 aliphatic heterocycles. The first kappa shape index (κ1) is 15.3. The summed E-state index contributed by atoms with van der Waals surface area (Å²) in [5.41, 5.74) is 0.431. The first-order chi connectivity index (χ1) is 9.98. The molecule has 2 rings (SSSR count). The Labute approximate surface area is 123 Å². The van der Waals surface area contributed by atoms with E-state index >= 15 is 0 Å². The molecule has 114 valence electrons. The third-order valence-electron chi connectivity index (χ3n) is 3.52. The highest BCUT2D eigenvalue weighted by Crippen LogP contribution is 2.17. The number of ether oxygens (including phenoxy) is 1. The van der Waals surface area contributed by atoms with E-state index in [1.807, 2.05) is 37.3 Å². The van der Waals surface area contributed by atoms with E-state index in [2.05, 4.69) is 10.6 Å². The van der Waals surface area contributed by atoms with Gasteiger partial charge in [0.25, 0.3) is 0 Å². The molecule has 1 heterocycles. The number of carbonyl (C=O) groups is 2. The van der Waals surface area contributed by atoms with Gasteiger partial charge in [0.05, 0.1) is 12.1 Å². The molecule has 1 aliphatic rings.